The van der Waals surface area contributed by atoms with Crippen LogP contribution in [0.3, 0.4) is 0 Å². The topological polar surface area (TPSA) is 72.9 Å². The maximum atomic E-state index is 13.1. The molecule has 2 atom stereocenters. The van der Waals surface area contributed by atoms with Gasteiger partial charge >= 0.3 is 0 Å². The Morgan fingerprint density at radius 2 is 1.96 bits per heavy atom. The van der Waals surface area contributed by atoms with Gasteiger partial charge in [0.25, 0.3) is 0 Å². The van der Waals surface area contributed by atoms with Crippen LogP contribution in [0.2, 0.25) is 0 Å². The Balaban J connectivity index is 1.70. The number of anilines is 1. The summed E-state index contributed by atoms with van der Waals surface area (Å²) in [6.45, 7) is 0.472. The van der Waals surface area contributed by atoms with E-state index >= 15 is 0 Å². The van der Waals surface area contributed by atoms with Gasteiger partial charge in [0.15, 0.2) is 15.3 Å². The summed E-state index contributed by atoms with van der Waals surface area (Å²) in [5, 5.41) is 0. The molecule has 2 aromatic carbocycles. The van der Waals surface area contributed by atoms with Gasteiger partial charge in [-0.05, 0) is 30.2 Å². The number of hydrogen-bond acceptors (Lipinski definition) is 4. The lowest BCUT2D eigenvalue weighted by molar-refractivity contribution is -0.122. The number of amides is 1. The molecule has 1 amide bonds. The molecule has 2 heterocycles. The van der Waals surface area contributed by atoms with Crippen molar-refractivity contribution in [2.24, 2.45) is 0 Å². The molecule has 0 N–H and O–H groups in total. The number of fused-ring (bicyclic) bond motifs is 2. The molecule has 2 unspecified atom stereocenters. The Bertz CT molecular complexity index is 931. The predicted octanol–water partition coefficient (Wildman–Crippen LogP) is 2.22. The van der Waals surface area contributed by atoms with Crippen LogP contribution in [0.15, 0.2) is 53.4 Å². The minimum Gasteiger partial charge on any atom is -0.593 e. The number of carbonyl (C=O) groups is 1. The van der Waals surface area contributed by atoms with Crippen molar-refractivity contribution in [1.82, 2.24) is 4.31 Å². The third kappa shape index (κ3) is 2.31. The van der Waals surface area contributed by atoms with E-state index in [0.29, 0.717) is 18.7 Å². The fourth-order valence-electron chi connectivity index (χ4n) is 4.00. The predicted molar refractivity (Wildman–Crippen MR) is 97.8 cm³/mol. The third-order valence-corrected chi connectivity index (χ3v) is 7.25. The molecule has 0 saturated carbocycles. The molecule has 1 fully saturated rings. The monoisotopic (exact) mass is 372 g/mol. The number of sulfonamides is 1. The van der Waals surface area contributed by atoms with Gasteiger partial charge in [-0.2, -0.15) is 0 Å². The van der Waals surface area contributed by atoms with E-state index in [4.69, 9.17) is 4.74 Å². The van der Waals surface area contributed by atoms with Crippen molar-refractivity contribution >= 4 is 22.0 Å². The highest BCUT2D eigenvalue weighted by atomic mass is 32.3. The lowest BCUT2D eigenvalue weighted by Crippen LogP contribution is -2.43. The lowest BCUT2D eigenvalue weighted by atomic mass is 9.81. The van der Waals surface area contributed by atoms with E-state index in [1.807, 2.05) is 24.3 Å². The van der Waals surface area contributed by atoms with Gasteiger partial charge in [0.1, 0.15) is 5.75 Å². The molecule has 136 valence electrons. The molecule has 0 bridgehead atoms. The summed E-state index contributed by atoms with van der Waals surface area (Å²) in [5.74, 6) is 0.448. The Kier molecular flexibility index (Phi) is 3.91. The van der Waals surface area contributed by atoms with E-state index < -0.39 is 15.8 Å². The molecule has 2 aromatic rings. The third-order valence-electron chi connectivity index (χ3n) is 5.41. The maximum absolute atomic E-state index is 13.1. The zero-order valence-corrected chi connectivity index (χ0v) is 15.5. The van der Waals surface area contributed by atoms with Crippen molar-refractivity contribution in [3.05, 3.63) is 54.1 Å². The minimum absolute atomic E-state index is 0.0398. The number of ether oxygens (including phenoxy) is 1. The first kappa shape index (κ1) is 17.2. The molecule has 6 nitrogen and oxygen atoms in total. The summed E-state index contributed by atoms with van der Waals surface area (Å²) in [5.41, 5.74) is 0.978. The van der Waals surface area contributed by atoms with E-state index in [9.17, 15) is 13.6 Å². The van der Waals surface area contributed by atoms with Crippen LogP contribution in [0.5, 0.6) is 5.75 Å². The first-order chi connectivity index (χ1) is 12.4. The normalized spacial score (nSPS) is 24.7. The first-order valence-electron chi connectivity index (χ1n) is 8.42. The Morgan fingerprint density at radius 1 is 1.19 bits per heavy atom. The lowest BCUT2D eigenvalue weighted by Gasteiger charge is -2.26. The molecule has 1 spiro atoms. The Hall–Kier alpha value is -2.22. The molecular formula is C19H20N2O4S. The molecule has 1 saturated heterocycles. The number of hydrogen-bond donors (Lipinski definition) is 0. The first-order valence-corrected chi connectivity index (χ1v) is 9.86. The standard InChI is InChI=1S/C19H20N2O4S/c1-20-17-9-4-3-8-16(17)19(18(20)22)10-11-21(13-19)26(23,24)15-7-5-6-14(12-15)25-2/h3-9,12H,10-11,13H2,1-2H3. The van der Waals surface area contributed by atoms with Gasteiger partial charge in [0.05, 0.1) is 19.1 Å². The highest BCUT2D eigenvalue weighted by molar-refractivity contribution is 7.95. The van der Waals surface area contributed by atoms with Crippen molar-refractivity contribution in [1.29, 1.82) is 0 Å². The van der Waals surface area contributed by atoms with Gasteiger partial charge in [0, 0.05) is 25.3 Å². The molecule has 0 radical (unpaired) electrons. The Labute approximate surface area is 153 Å². The largest absolute Gasteiger partial charge is 0.593 e. The zero-order valence-electron chi connectivity index (χ0n) is 14.7. The van der Waals surface area contributed by atoms with Crippen molar-refractivity contribution in [3.8, 4) is 5.75 Å². The molecule has 0 aromatic heterocycles. The van der Waals surface area contributed by atoms with E-state index in [1.54, 1.807) is 30.1 Å². The fraction of sp³-hybridized carbons (Fsp3) is 0.316. The van der Waals surface area contributed by atoms with Crippen molar-refractivity contribution < 1.29 is 18.3 Å². The number of rotatable bonds is 3. The SMILES string of the molecule is COc1cccc([S+](=O)([O-])N2CCC3(C2)C(=O)N(C)c2ccccc23)c1. The number of methoxy groups -OCH3 is 1. The summed E-state index contributed by atoms with van der Waals surface area (Å²) < 4.78 is 32.7. The smallest absolute Gasteiger partial charge is 0.239 e. The second-order valence-electron chi connectivity index (χ2n) is 6.73. The number of para-hydroxylation sites is 1. The highest BCUT2D eigenvalue weighted by Crippen LogP contribution is 2.48. The molecule has 7 heteroatoms. The van der Waals surface area contributed by atoms with Crippen LogP contribution >= 0.6 is 0 Å². The average Bonchev–Trinajstić information content (AvgIpc) is 3.21. The van der Waals surface area contributed by atoms with Crippen LogP contribution in [-0.4, -0.2) is 42.0 Å². The number of nitrogens with zero attached hydrogens (tertiary/aromatic N) is 2. The van der Waals surface area contributed by atoms with Gasteiger partial charge in [-0.25, -0.2) is 0 Å². The summed E-state index contributed by atoms with van der Waals surface area (Å²) >= 11 is 0. The van der Waals surface area contributed by atoms with Gasteiger partial charge < -0.3 is 14.2 Å². The van der Waals surface area contributed by atoms with Crippen LogP contribution in [0.25, 0.3) is 0 Å². The molecule has 2 aliphatic rings. The van der Waals surface area contributed by atoms with Crippen LogP contribution in [0.4, 0.5) is 5.69 Å². The average molecular weight is 372 g/mol. The second kappa shape index (κ2) is 5.90. The van der Waals surface area contributed by atoms with E-state index in [1.165, 1.54) is 17.5 Å². The molecule has 4 rings (SSSR count). The second-order valence-corrected chi connectivity index (χ2v) is 8.67. The minimum atomic E-state index is -3.70. The van der Waals surface area contributed by atoms with Gasteiger partial charge in [0.2, 0.25) is 5.91 Å². The van der Waals surface area contributed by atoms with E-state index in [0.717, 1.165) is 11.3 Å². The van der Waals surface area contributed by atoms with Gasteiger partial charge in [-0.3, -0.25) is 4.79 Å². The number of benzene rings is 2. The van der Waals surface area contributed by atoms with Crippen LogP contribution in [0.1, 0.15) is 12.0 Å². The number of carbonyl (C=O) groups excluding carboxylic acids is 1. The van der Waals surface area contributed by atoms with Crippen molar-refractivity contribution in [2.75, 3.05) is 32.1 Å². The van der Waals surface area contributed by atoms with E-state index in [2.05, 4.69) is 0 Å². The van der Waals surface area contributed by atoms with E-state index in [-0.39, 0.29) is 17.3 Å². The summed E-state index contributed by atoms with van der Waals surface area (Å²) in [6.07, 6.45) is 0.483. The molecular weight excluding hydrogens is 352 g/mol. The van der Waals surface area contributed by atoms with Crippen molar-refractivity contribution in [2.45, 2.75) is 16.7 Å². The zero-order chi connectivity index (χ0) is 18.5. The molecule has 2 aliphatic heterocycles. The quantitative estimate of drug-likeness (QED) is 0.775. The molecule has 26 heavy (non-hydrogen) atoms. The maximum Gasteiger partial charge on any atom is 0.239 e. The van der Waals surface area contributed by atoms with Crippen LogP contribution in [-0.2, 0) is 24.8 Å². The van der Waals surface area contributed by atoms with Gasteiger partial charge in [-0.15, -0.1) is 4.31 Å². The van der Waals surface area contributed by atoms with Crippen LogP contribution in [0, 0.1) is 0 Å². The fourth-order valence-corrected chi connectivity index (χ4v) is 5.54. The summed E-state index contributed by atoms with van der Waals surface area (Å²) in [4.78, 5) is 14.8. The van der Waals surface area contributed by atoms with Gasteiger partial charge in [-0.1, -0.05) is 28.5 Å². The Morgan fingerprint density at radius 3 is 2.73 bits per heavy atom. The number of likely N-dealkylation sites (N-methyl/N-ethyl adjacent to an activating group) is 1. The summed E-state index contributed by atoms with van der Waals surface area (Å²) in [6, 6.07) is 14.0. The van der Waals surface area contributed by atoms with Crippen LogP contribution < -0.4 is 9.64 Å². The summed E-state index contributed by atoms with van der Waals surface area (Å²) in [7, 11) is -0.450. The highest BCUT2D eigenvalue weighted by Gasteiger charge is 2.56. The molecule has 0 aliphatic carbocycles. The van der Waals surface area contributed by atoms with Crippen molar-refractivity contribution in [3.63, 3.8) is 0 Å².